The van der Waals surface area contributed by atoms with Gasteiger partial charge in [0.1, 0.15) is 5.75 Å². The first-order chi connectivity index (χ1) is 13.8. The first kappa shape index (κ1) is 26.0. The molecule has 3 aromatic rings. The predicted octanol–water partition coefficient (Wildman–Crippen LogP) is 7.22. The van der Waals surface area contributed by atoms with Crippen LogP contribution in [0.25, 0.3) is 21.8 Å². The van der Waals surface area contributed by atoms with E-state index in [1.54, 1.807) is 7.11 Å². The molecule has 0 saturated carbocycles. The summed E-state index contributed by atoms with van der Waals surface area (Å²) in [5, 5.41) is 2.62. The highest BCUT2D eigenvalue weighted by Gasteiger charge is 2.11. The fourth-order valence-electron chi connectivity index (χ4n) is 3.18. The summed E-state index contributed by atoms with van der Waals surface area (Å²) in [6.45, 7) is 20.7. The first-order valence-electron chi connectivity index (χ1n) is 11.1. The lowest BCUT2D eigenvalue weighted by atomic mass is 10.1. The van der Waals surface area contributed by atoms with Crippen molar-refractivity contribution in [3.63, 3.8) is 0 Å². The third-order valence-corrected chi connectivity index (χ3v) is 4.51. The molecule has 3 heteroatoms. The second-order valence-electron chi connectivity index (χ2n) is 5.58. The molecule has 158 valence electrons. The molecule has 28 heavy (non-hydrogen) atoms. The van der Waals surface area contributed by atoms with E-state index in [0.29, 0.717) is 0 Å². The normalized spacial score (nSPS) is 9.79. The average molecular weight is 387 g/mol. The molecule has 0 fully saturated rings. The molecule has 0 saturated heterocycles. The topological polar surface area (TPSA) is 17.4 Å². The van der Waals surface area contributed by atoms with Crippen molar-refractivity contribution in [1.82, 2.24) is 9.47 Å². The number of fused-ring (bicyclic) bond motifs is 3. The summed E-state index contributed by atoms with van der Waals surface area (Å²) >= 11 is 0. The van der Waals surface area contributed by atoms with Crippen LogP contribution in [0, 0.1) is 0 Å². The second-order valence-corrected chi connectivity index (χ2v) is 5.58. The van der Waals surface area contributed by atoms with Gasteiger partial charge in [-0.15, -0.1) is 0 Å². The van der Waals surface area contributed by atoms with Crippen LogP contribution in [0.1, 0.15) is 55.4 Å². The summed E-state index contributed by atoms with van der Waals surface area (Å²) in [4.78, 5) is 2.46. The van der Waals surface area contributed by atoms with E-state index >= 15 is 0 Å². The molecule has 0 amide bonds. The van der Waals surface area contributed by atoms with Crippen LogP contribution in [0.2, 0.25) is 0 Å². The quantitative estimate of drug-likeness (QED) is 0.445. The third kappa shape index (κ3) is 6.27. The van der Waals surface area contributed by atoms with E-state index in [-0.39, 0.29) is 0 Å². The van der Waals surface area contributed by atoms with Crippen LogP contribution in [0.5, 0.6) is 5.75 Å². The minimum absolute atomic E-state index is 0.916. The fourth-order valence-corrected chi connectivity index (χ4v) is 3.18. The highest BCUT2D eigenvalue weighted by atomic mass is 16.5. The van der Waals surface area contributed by atoms with Crippen molar-refractivity contribution < 1.29 is 4.74 Å². The van der Waals surface area contributed by atoms with E-state index in [9.17, 15) is 0 Å². The van der Waals surface area contributed by atoms with E-state index in [0.717, 1.165) is 31.9 Å². The summed E-state index contributed by atoms with van der Waals surface area (Å²) in [6, 6.07) is 15.0. The summed E-state index contributed by atoms with van der Waals surface area (Å²) < 4.78 is 7.84. The number of aromatic nitrogens is 1. The Morgan fingerprint density at radius 3 is 1.93 bits per heavy atom. The maximum Gasteiger partial charge on any atom is 0.120 e. The van der Waals surface area contributed by atoms with Gasteiger partial charge in [-0.25, -0.2) is 0 Å². The van der Waals surface area contributed by atoms with E-state index < -0.39 is 0 Å². The molecule has 0 radical (unpaired) electrons. The summed E-state index contributed by atoms with van der Waals surface area (Å²) in [7, 11) is 1.73. The number of hydrogen-bond donors (Lipinski definition) is 0. The molecule has 1 heterocycles. The van der Waals surface area contributed by atoms with Crippen LogP contribution >= 0.6 is 0 Å². The van der Waals surface area contributed by atoms with Gasteiger partial charge in [-0.1, -0.05) is 73.6 Å². The number of rotatable bonds is 6. The molecule has 3 nitrogen and oxygen atoms in total. The zero-order valence-corrected chi connectivity index (χ0v) is 19.7. The van der Waals surface area contributed by atoms with E-state index in [2.05, 4.69) is 59.7 Å². The number of para-hydroxylation sites is 1. The molecule has 0 aliphatic carbocycles. The lowest BCUT2D eigenvalue weighted by molar-refractivity contribution is 0.293. The maximum absolute atomic E-state index is 5.42. The highest BCUT2D eigenvalue weighted by molar-refractivity contribution is 6.08. The lowest BCUT2D eigenvalue weighted by Crippen LogP contribution is -2.26. The molecular weight excluding hydrogens is 344 g/mol. The minimum atomic E-state index is 0.916. The average Bonchev–Trinajstić information content (AvgIpc) is 3.11. The Kier molecular flexibility index (Phi) is 13.9. The van der Waals surface area contributed by atoms with Gasteiger partial charge in [0.15, 0.2) is 0 Å². The standard InChI is InChI=1S/C19H24N2O.3C2H6/c1-4-20(5-2)12-13-21-18-9-7-6-8-16(18)17-11-10-15(22-3)14-19(17)21;3*1-2/h6-11,14H,4-5,12-13H2,1-3H3;3*1-2H3. The molecule has 0 unspecified atom stereocenters. The minimum Gasteiger partial charge on any atom is -0.497 e. The van der Waals surface area contributed by atoms with Gasteiger partial charge in [0.2, 0.25) is 0 Å². The number of methoxy groups -OCH3 is 1. The number of benzene rings is 2. The maximum atomic E-state index is 5.42. The summed E-state index contributed by atoms with van der Waals surface area (Å²) in [6.07, 6.45) is 0. The Bertz CT molecular complexity index is 773. The summed E-state index contributed by atoms with van der Waals surface area (Å²) in [5.41, 5.74) is 2.56. The van der Waals surface area contributed by atoms with Gasteiger partial charge in [-0.05, 0) is 31.3 Å². The van der Waals surface area contributed by atoms with Gasteiger partial charge in [-0.3, -0.25) is 0 Å². The molecule has 2 aromatic carbocycles. The lowest BCUT2D eigenvalue weighted by Gasteiger charge is -2.19. The molecular formula is C25H42N2O. The Morgan fingerprint density at radius 1 is 0.786 bits per heavy atom. The number of ether oxygens (including phenoxy) is 1. The Hall–Kier alpha value is -2.00. The van der Waals surface area contributed by atoms with Crippen LogP contribution in [-0.4, -0.2) is 36.2 Å². The molecule has 0 N–H and O–H groups in total. The number of hydrogen-bond acceptors (Lipinski definition) is 2. The van der Waals surface area contributed by atoms with E-state index in [1.807, 2.05) is 47.6 Å². The van der Waals surface area contributed by atoms with Crippen LogP contribution in [0.3, 0.4) is 0 Å². The smallest absolute Gasteiger partial charge is 0.120 e. The Morgan fingerprint density at radius 2 is 1.36 bits per heavy atom. The Balaban J connectivity index is 0.00000111. The van der Waals surface area contributed by atoms with Crippen molar-refractivity contribution in [2.45, 2.75) is 61.9 Å². The van der Waals surface area contributed by atoms with Crippen LogP contribution in [-0.2, 0) is 6.54 Å². The van der Waals surface area contributed by atoms with Crippen molar-refractivity contribution in [2.24, 2.45) is 0 Å². The monoisotopic (exact) mass is 386 g/mol. The third-order valence-electron chi connectivity index (χ3n) is 4.51. The van der Waals surface area contributed by atoms with Crippen LogP contribution in [0.15, 0.2) is 42.5 Å². The predicted molar refractivity (Wildman–Crippen MR) is 128 cm³/mol. The van der Waals surface area contributed by atoms with Crippen molar-refractivity contribution >= 4 is 21.8 Å². The van der Waals surface area contributed by atoms with E-state index in [1.165, 1.54) is 21.8 Å². The largest absolute Gasteiger partial charge is 0.497 e. The molecule has 0 spiro atoms. The molecule has 0 atom stereocenters. The van der Waals surface area contributed by atoms with Crippen molar-refractivity contribution in [1.29, 1.82) is 0 Å². The molecule has 0 aliphatic rings. The zero-order valence-electron chi connectivity index (χ0n) is 19.7. The van der Waals surface area contributed by atoms with Gasteiger partial charge in [0.05, 0.1) is 12.6 Å². The molecule has 0 aliphatic heterocycles. The number of nitrogens with zero attached hydrogens (tertiary/aromatic N) is 2. The second kappa shape index (κ2) is 15.0. The van der Waals surface area contributed by atoms with E-state index in [4.69, 9.17) is 4.74 Å². The highest BCUT2D eigenvalue weighted by Crippen LogP contribution is 2.31. The SMILES string of the molecule is CC.CC.CC.CCN(CC)CCn1c2ccccc2c2ccc(OC)cc21. The first-order valence-corrected chi connectivity index (χ1v) is 11.1. The van der Waals surface area contributed by atoms with Crippen LogP contribution in [0.4, 0.5) is 0 Å². The van der Waals surface area contributed by atoms with Crippen molar-refractivity contribution in [3.8, 4) is 5.75 Å². The molecule has 0 bridgehead atoms. The van der Waals surface area contributed by atoms with Crippen molar-refractivity contribution in [2.75, 3.05) is 26.7 Å². The Labute approximate surface area is 173 Å². The summed E-state index contributed by atoms with van der Waals surface area (Å²) in [5.74, 6) is 0.916. The number of likely N-dealkylation sites (N-methyl/N-ethyl adjacent to an activating group) is 1. The molecule has 1 aromatic heterocycles. The fraction of sp³-hybridized carbons (Fsp3) is 0.520. The van der Waals surface area contributed by atoms with Gasteiger partial charge in [-0.2, -0.15) is 0 Å². The van der Waals surface area contributed by atoms with Gasteiger partial charge in [0.25, 0.3) is 0 Å². The van der Waals surface area contributed by atoms with Gasteiger partial charge in [0, 0.05) is 35.4 Å². The zero-order chi connectivity index (χ0) is 21.5. The van der Waals surface area contributed by atoms with Crippen LogP contribution < -0.4 is 4.74 Å². The van der Waals surface area contributed by atoms with Crippen molar-refractivity contribution in [3.05, 3.63) is 42.5 Å². The van der Waals surface area contributed by atoms with Gasteiger partial charge < -0.3 is 14.2 Å². The van der Waals surface area contributed by atoms with Gasteiger partial charge >= 0.3 is 0 Å². The molecule has 3 rings (SSSR count).